The molecule has 7 nitrogen and oxygen atoms in total. The number of nitrogen functional groups attached to an aromatic ring is 1. The minimum absolute atomic E-state index is 0.218. The first-order valence-corrected chi connectivity index (χ1v) is 8.90. The van der Waals surface area contributed by atoms with Gasteiger partial charge in [-0.05, 0) is 47.0 Å². The van der Waals surface area contributed by atoms with Crippen molar-refractivity contribution >= 4 is 34.1 Å². The molecule has 1 aromatic heterocycles. The number of rotatable bonds is 4. The van der Waals surface area contributed by atoms with E-state index in [1.54, 1.807) is 24.3 Å². The van der Waals surface area contributed by atoms with Crippen LogP contribution in [-0.2, 0) is 6.54 Å². The van der Waals surface area contributed by atoms with Gasteiger partial charge in [0.05, 0.1) is 16.8 Å². The van der Waals surface area contributed by atoms with Gasteiger partial charge in [-0.2, -0.15) is 5.10 Å². The first-order valence-electron chi connectivity index (χ1n) is 8.90. The molecule has 4 rings (SSSR count). The smallest absolute Gasteiger partial charge is 0.323 e. The number of fused-ring (bicyclic) bond motifs is 1. The van der Waals surface area contributed by atoms with Crippen molar-refractivity contribution < 1.29 is 9.18 Å². The molecule has 4 aromatic rings. The molecule has 0 saturated carbocycles. The van der Waals surface area contributed by atoms with Crippen molar-refractivity contribution in [2.24, 2.45) is 11.5 Å². The van der Waals surface area contributed by atoms with Gasteiger partial charge in [0.15, 0.2) is 5.82 Å². The second-order valence-corrected chi connectivity index (χ2v) is 6.55. The van der Waals surface area contributed by atoms with E-state index < -0.39 is 11.8 Å². The Balaban J connectivity index is 1.76. The van der Waals surface area contributed by atoms with Gasteiger partial charge in [0.25, 0.3) is 0 Å². The summed E-state index contributed by atoms with van der Waals surface area (Å²) in [6.07, 6.45) is 0. The average molecular weight is 390 g/mol. The van der Waals surface area contributed by atoms with Gasteiger partial charge in [0.1, 0.15) is 11.3 Å². The molecule has 8 heteroatoms. The van der Waals surface area contributed by atoms with Crippen molar-refractivity contribution in [2.75, 3.05) is 10.6 Å². The number of nitrogens with two attached hydrogens (primary N) is 3. The third-order valence-electron chi connectivity index (χ3n) is 4.76. The number of hydrogen-bond acceptors (Lipinski definition) is 4. The maximum atomic E-state index is 14.0. The summed E-state index contributed by atoms with van der Waals surface area (Å²) < 4.78 is 14.0. The Morgan fingerprint density at radius 1 is 1.07 bits per heavy atom. The van der Waals surface area contributed by atoms with Crippen LogP contribution in [0.1, 0.15) is 5.56 Å². The van der Waals surface area contributed by atoms with E-state index in [1.807, 2.05) is 30.3 Å². The van der Waals surface area contributed by atoms with Crippen molar-refractivity contribution in [3.8, 4) is 11.1 Å². The molecule has 0 aliphatic heterocycles. The largest absolute Gasteiger partial charge is 0.382 e. The highest BCUT2D eigenvalue weighted by molar-refractivity contribution is 6.02. The highest BCUT2D eigenvalue weighted by Crippen LogP contribution is 2.34. The zero-order valence-electron chi connectivity index (χ0n) is 15.4. The Hall–Kier alpha value is -3.91. The Morgan fingerprint density at radius 3 is 2.52 bits per heavy atom. The first kappa shape index (κ1) is 18.5. The van der Waals surface area contributed by atoms with Gasteiger partial charge in [-0.3, -0.25) is 10.00 Å². The molecular weight excluding hydrogens is 371 g/mol. The quantitative estimate of drug-likeness (QED) is 0.424. The number of urea groups is 1. The molecule has 0 radical (unpaired) electrons. The van der Waals surface area contributed by atoms with E-state index in [2.05, 4.69) is 10.2 Å². The number of halogens is 1. The van der Waals surface area contributed by atoms with Gasteiger partial charge in [0.2, 0.25) is 0 Å². The summed E-state index contributed by atoms with van der Waals surface area (Å²) in [4.78, 5) is 13.5. The maximum absolute atomic E-state index is 14.0. The lowest BCUT2D eigenvalue weighted by molar-refractivity contribution is 0.256. The minimum atomic E-state index is -0.616. The van der Waals surface area contributed by atoms with E-state index in [1.165, 1.54) is 11.0 Å². The molecule has 0 saturated heterocycles. The lowest BCUT2D eigenvalue weighted by Gasteiger charge is -2.21. The first-order chi connectivity index (χ1) is 14.0. The molecular formula is C21H19FN6O. The topological polar surface area (TPSA) is 127 Å². The molecule has 1 heterocycles. The molecule has 0 unspecified atom stereocenters. The highest BCUT2D eigenvalue weighted by atomic mass is 19.1. The number of carbonyl (C=O) groups is 1. The van der Waals surface area contributed by atoms with Crippen molar-refractivity contribution in [2.45, 2.75) is 6.54 Å². The SMILES string of the molecule is NCc1cccc(N(C(N)=O)c2ccc(-c3ccc(F)c4[nH]nc(N)c34)cc2)c1. The summed E-state index contributed by atoms with van der Waals surface area (Å²) in [5.74, 6) is -0.208. The van der Waals surface area contributed by atoms with Crippen LogP contribution in [0.5, 0.6) is 0 Å². The zero-order chi connectivity index (χ0) is 20.5. The average Bonchev–Trinajstić information content (AvgIpc) is 3.12. The van der Waals surface area contributed by atoms with Crippen LogP contribution in [0.15, 0.2) is 60.7 Å². The summed E-state index contributed by atoms with van der Waals surface area (Å²) in [5.41, 5.74) is 21.1. The summed E-state index contributed by atoms with van der Waals surface area (Å²) in [6, 6.07) is 16.8. The molecule has 146 valence electrons. The number of nitrogens with zero attached hydrogens (tertiary/aromatic N) is 2. The van der Waals surface area contributed by atoms with Gasteiger partial charge in [0, 0.05) is 6.54 Å². The Bertz CT molecular complexity index is 1200. The van der Waals surface area contributed by atoms with Crippen molar-refractivity contribution in [1.29, 1.82) is 0 Å². The van der Waals surface area contributed by atoms with Crippen LogP contribution in [0.4, 0.5) is 26.4 Å². The minimum Gasteiger partial charge on any atom is -0.382 e. The second-order valence-electron chi connectivity index (χ2n) is 6.55. The number of H-pyrrole nitrogens is 1. The lowest BCUT2D eigenvalue weighted by Crippen LogP contribution is -2.31. The van der Waals surface area contributed by atoms with Crippen molar-refractivity contribution in [3.05, 3.63) is 72.0 Å². The number of carbonyl (C=O) groups excluding carboxylic acids is 1. The fourth-order valence-electron chi connectivity index (χ4n) is 3.38. The molecule has 0 atom stereocenters. The Kier molecular flexibility index (Phi) is 4.61. The van der Waals surface area contributed by atoms with Crippen LogP contribution in [0.3, 0.4) is 0 Å². The summed E-state index contributed by atoms with van der Waals surface area (Å²) in [5, 5.41) is 7.03. The van der Waals surface area contributed by atoms with Crippen molar-refractivity contribution in [3.63, 3.8) is 0 Å². The standard InChI is InChI=1S/C21H19FN6O/c22-17-9-8-16(18-19(17)26-27-20(18)24)13-4-6-14(7-5-13)28(21(25)29)15-3-1-2-12(10-15)11-23/h1-10H,11,23H2,(H2,25,29)(H3,24,26,27). The van der Waals surface area contributed by atoms with Gasteiger partial charge in [-0.25, -0.2) is 9.18 Å². The molecule has 0 fully saturated rings. The summed E-state index contributed by atoms with van der Waals surface area (Å²) in [6.45, 7) is 0.353. The maximum Gasteiger partial charge on any atom is 0.323 e. The normalized spacial score (nSPS) is 11.0. The molecule has 0 bridgehead atoms. The molecule has 3 aromatic carbocycles. The third-order valence-corrected chi connectivity index (χ3v) is 4.76. The number of aromatic amines is 1. The van der Waals surface area contributed by atoms with Gasteiger partial charge in [-0.15, -0.1) is 0 Å². The fourth-order valence-corrected chi connectivity index (χ4v) is 3.38. The molecule has 0 aliphatic carbocycles. The number of benzene rings is 3. The van der Waals surface area contributed by atoms with Crippen LogP contribution in [-0.4, -0.2) is 16.2 Å². The van der Waals surface area contributed by atoms with E-state index in [0.29, 0.717) is 23.3 Å². The number of nitrogens with one attached hydrogen (secondary N) is 1. The van der Waals surface area contributed by atoms with Gasteiger partial charge >= 0.3 is 6.03 Å². The molecule has 0 spiro atoms. The van der Waals surface area contributed by atoms with E-state index in [0.717, 1.165) is 16.7 Å². The molecule has 7 N–H and O–H groups in total. The van der Waals surface area contributed by atoms with E-state index >= 15 is 0 Å². The van der Waals surface area contributed by atoms with Gasteiger partial charge < -0.3 is 17.2 Å². The van der Waals surface area contributed by atoms with Gasteiger partial charge in [-0.1, -0.05) is 30.3 Å². The molecule has 0 aliphatic rings. The van der Waals surface area contributed by atoms with Crippen LogP contribution in [0, 0.1) is 5.82 Å². The predicted octanol–water partition coefficient (Wildman–Crippen LogP) is 3.63. The number of anilines is 3. The predicted molar refractivity (Wildman–Crippen MR) is 112 cm³/mol. The summed E-state index contributed by atoms with van der Waals surface area (Å²) in [7, 11) is 0. The van der Waals surface area contributed by atoms with E-state index in [-0.39, 0.29) is 11.3 Å². The van der Waals surface area contributed by atoms with Crippen LogP contribution in [0.2, 0.25) is 0 Å². The fraction of sp³-hybridized carbons (Fsp3) is 0.0476. The monoisotopic (exact) mass is 390 g/mol. The number of amides is 2. The molecule has 29 heavy (non-hydrogen) atoms. The Labute approximate surface area is 165 Å². The number of hydrogen-bond donors (Lipinski definition) is 4. The third kappa shape index (κ3) is 3.26. The van der Waals surface area contributed by atoms with E-state index in [9.17, 15) is 9.18 Å². The summed E-state index contributed by atoms with van der Waals surface area (Å²) >= 11 is 0. The number of aromatic nitrogens is 2. The van der Waals surface area contributed by atoms with Crippen LogP contribution >= 0.6 is 0 Å². The molecule has 2 amide bonds. The van der Waals surface area contributed by atoms with Crippen LogP contribution in [0.25, 0.3) is 22.0 Å². The highest BCUT2D eigenvalue weighted by Gasteiger charge is 2.17. The second kappa shape index (κ2) is 7.25. The van der Waals surface area contributed by atoms with Crippen molar-refractivity contribution in [1.82, 2.24) is 10.2 Å². The lowest BCUT2D eigenvalue weighted by atomic mass is 10.0. The zero-order valence-corrected chi connectivity index (χ0v) is 15.4. The Morgan fingerprint density at radius 2 is 1.83 bits per heavy atom. The number of primary amides is 1. The van der Waals surface area contributed by atoms with Crippen LogP contribution < -0.4 is 22.1 Å². The van der Waals surface area contributed by atoms with E-state index in [4.69, 9.17) is 17.2 Å².